The van der Waals surface area contributed by atoms with Gasteiger partial charge in [0.2, 0.25) is 5.88 Å². The smallest absolute Gasteiger partial charge is 0.231 e. The second-order valence-electron chi connectivity index (χ2n) is 6.99. The van der Waals surface area contributed by atoms with Gasteiger partial charge in [0.05, 0.1) is 12.1 Å². The van der Waals surface area contributed by atoms with Crippen molar-refractivity contribution in [2.75, 3.05) is 6.61 Å². The lowest BCUT2D eigenvalue weighted by Crippen LogP contribution is -2.12. The van der Waals surface area contributed by atoms with Crippen molar-refractivity contribution in [3.05, 3.63) is 48.5 Å². The first-order chi connectivity index (χ1) is 12.6. The summed E-state index contributed by atoms with van der Waals surface area (Å²) in [5.41, 5.74) is 3.10. The molecule has 0 aliphatic heterocycles. The molecule has 0 radical (unpaired) electrons. The van der Waals surface area contributed by atoms with Crippen LogP contribution in [-0.2, 0) is 0 Å². The first kappa shape index (κ1) is 17.8. The van der Waals surface area contributed by atoms with Crippen LogP contribution >= 0.6 is 0 Å². The van der Waals surface area contributed by atoms with Gasteiger partial charge in [-0.2, -0.15) is 5.26 Å². The molecule has 0 aromatic carbocycles. The normalized spacial score (nSPS) is 12.1. The van der Waals surface area contributed by atoms with Gasteiger partial charge >= 0.3 is 0 Å². The Labute approximate surface area is 153 Å². The third-order valence-corrected chi connectivity index (χ3v) is 4.20. The molecule has 0 N–H and O–H groups in total. The number of fused-ring (bicyclic) bond motifs is 1. The minimum Gasteiger partial charge on any atom is -0.476 e. The van der Waals surface area contributed by atoms with Gasteiger partial charge < -0.3 is 4.74 Å². The molecule has 0 saturated carbocycles. The second-order valence-corrected chi connectivity index (χ2v) is 6.99. The first-order valence-electron chi connectivity index (χ1n) is 8.80. The molecule has 3 aromatic rings. The zero-order valence-corrected chi connectivity index (χ0v) is 15.3. The fourth-order valence-electron chi connectivity index (χ4n) is 3.13. The van der Waals surface area contributed by atoms with Crippen LogP contribution in [0.5, 0.6) is 5.88 Å². The third-order valence-electron chi connectivity index (χ3n) is 4.20. The Kier molecular flexibility index (Phi) is 5.43. The molecule has 5 heteroatoms. The van der Waals surface area contributed by atoms with Crippen LogP contribution in [0.1, 0.15) is 32.8 Å². The summed E-state index contributed by atoms with van der Waals surface area (Å²) in [6.45, 7) is 7.09. The van der Waals surface area contributed by atoms with Crippen LogP contribution in [0.2, 0.25) is 0 Å². The Hall–Kier alpha value is -3.00. The summed E-state index contributed by atoms with van der Waals surface area (Å²) in [6, 6.07) is 7.79. The van der Waals surface area contributed by atoms with Crippen molar-refractivity contribution in [1.29, 1.82) is 5.26 Å². The number of ether oxygens (including phenoxy) is 1. The Balaban J connectivity index is 1.88. The number of aromatic nitrogens is 3. The number of pyridine rings is 3. The molecule has 0 aliphatic rings. The van der Waals surface area contributed by atoms with Crippen molar-refractivity contribution >= 4 is 10.9 Å². The molecule has 3 rings (SSSR count). The van der Waals surface area contributed by atoms with Gasteiger partial charge in [-0.1, -0.05) is 20.8 Å². The molecule has 0 fully saturated rings. The van der Waals surface area contributed by atoms with Crippen LogP contribution < -0.4 is 4.74 Å². The molecular weight excluding hydrogens is 324 g/mol. The van der Waals surface area contributed by atoms with E-state index < -0.39 is 0 Å². The maximum absolute atomic E-state index is 9.52. The van der Waals surface area contributed by atoms with E-state index in [1.807, 2.05) is 18.2 Å². The summed E-state index contributed by atoms with van der Waals surface area (Å²) < 4.78 is 5.81. The minimum atomic E-state index is 0.392. The lowest BCUT2D eigenvalue weighted by atomic mass is 10.00. The van der Waals surface area contributed by atoms with E-state index in [0.717, 1.165) is 28.5 Å². The Morgan fingerprint density at radius 2 is 1.96 bits per heavy atom. The van der Waals surface area contributed by atoms with Crippen molar-refractivity contribution in [2.24, 2.45) is 11.8 Å². The lowest BCUT2D eigenvalue weighted by Gasteiger charge is -2.15. The number of hydrogen-bond acceptors (Lipinski definition) is 5. The van der Waals surface area contributed by atoms with Gasteiger partial charge in [0, 0.05) is 35.7 Å². The van der Waals surface area contributed by atoms with E-state index in [-0.39, 0.29) is 0 Å². The van der Waals surface area contributed by atoms with Crippen LogP contribution in [0.15, 0.2) is 43.0 Å². The number of nitriles is 1. The molecule has 0 aliphatic carbocycles. The molecule has 0 spiro atoms. The summed E-state index contributed by atoms with van der Waals surface area (Å²) in [5, 5.41) is 10.4. The minimum absolute atomic E-state index is 0.392. The summed E-state index contributed by atoms with van der Waals surface area (Å²) in [5.74, 6) is 1.43. The largest absolute Gasteiger partial charge is 0.476 e. The third kappa shape index (κ3) is 3.97. The Morgan fingerprint density at radius 3 is 2.73 bits per heavy atom. The highest BCUT2D eigenvalue weighted by Crippen LogP contribution is 2.29. The standard InChI is InChI=1S/C21H22N4O/c1-14(2)8-15(3)13-26-21-16(10-22)9-17(11-25-21)18-4-7-24-20-5-6-23-12-19(18)20/h4-7,9,11-12,14-15H,8,13H2,1-3H3. The first-order valence-corrected chi connectivity index (χ1v) is 8.80. The highest BCUT2D eigenvalue weighted by atomic mass is 16.5. The van der Waals surface area contributed by atoms with Gasteiger partial charge in [-0.3, -0.25) is 9.97 Å². The SMILES string of the molecule is CC(C)CC(C)COc1ncc(-c2ccnc3ccncc23)cc1C#N. The monoisotopic (exact) mass is 346 g/mol. The highest BCUT2D eigenvalue weighted by Gasteiger charge is 2.13. The molecular formula is C21H22N4O. The van der Waals surface area contributed by atoms with Crippen molar-refractivity contribution in [1.82, 2.24) is 15.0 Å². The number of rotatable bonds is 6. The maximum atomic E-state index is 9.52. The van der Waals surface area contributed by atoms with Crippen LogP contribution in [0.3, 0.4) is 0 Å². The van der Waals surface area contributed by atoms with Gasteiger partial charge in [0.25, 0.3) is 0 Å². The van der Waals surface area contributed by atoms with E-state index in [9.17, 15) is 5.26 Å². The average molecular weight is 346 g/mol. The summed E-state index contributed by atoms with van der Waals surface area (Å²) in [4.78, 5) is 12.9. The molecule has 26 heavy (non-hydrogen) atoms. The van der Waals surface area contributed by atoms with E-state index >= 15 is 0 Å². The average Bonchev–Trinajstić information content (AvgIpc) is 2.65. The summed E-state index contributed by atoms with van der Waals surface area (Å²) in [6.07, 6.45) is 8.07. The molecule has 0 saturated heterocycles. The molecule has 3 heterocycles. The van der Waals surface area contributed by atoms with E-state index in [2.05, 4.69) is 41.8 Å². The predicted molar refractivity (Wildman–Crippen MR) is 102 cm³/mol. The summed E-state index contributed by atoms with van der Waals surface area (Å²) >= 11 is 0. The lowest BCUT2D eigenvalue weighted by molar-refractivity contribution is 0.231. The molecule has 0 bridgehead atoms. The van der Waals surface area contributed by atoms with Gasteiger partial charge in [-0.05, 0) is 42.0 Å². The molecule has 1 unspecified atom stereocenters. The number of nitrogens with zero attached hydrogens (tertiary/aromatic N) is 4. The Bertz CT molecular complexity index is 941. The van der Waals surface area contributed by atoms with Crippen molar-refractivity contribution in [3.8, 4) is 23.1 Å². The van der Waals surface area contributed by atoms with Gasteiger partial charge in [0.15, 0.2) is 0 Å². The van der Waals surface area contributed by atoms with E-state index in [4.69, 9.17) is 4.74 Å². The van der Waals surface area contributed by atoms with Gasteiger partial charge in [0.1, 0.15) is 11.6 Å². The summed E-state index contributed by atoms with van der Waals surface area (Å²) in [7, 11) is 0. The highest BCUT2D eigenvalue weighted by molar-refractivity contribution is 5.93. The van der Waals surface area contributed by atoms with Crippen LogP contribution in [-0.4, -0.2) is 21.6 Å². The predicted octanol–water partition coefficient (Wildman–Crippen LogP) is 4.62. The van der Waals surface area contributed by atoms with Gasteiger partial charge in [-0.15, -0.1) is 0 Å². The van der Waals surface area contributed by atoms with E-state index in [0.29, 0.717) is 29.9 Å². The molecule has 5 nitrogen and oxygen atoms in total. The quantitative estimate of drug-likeness (QED) is 0.651. The van der Waals surface area contributed by atoms with Crippen LogP contribution in [0.4, 0.5) is 0 Å². The van der Waals surface area contributed by atoms with Crippen molar-refractivity contribution in [3.63, 3.8) is 0 Å². The molecule has 3 aromatic heterocycles. The zero-order valence-electron chi connectivity index (χ0n) is 15.3. The van der Waals surface area contributed by atoms with Crippen molar-refractivity contribution in [2.45, 2.75) is 27.2 Å². The topological polar surface area (TPSA) is 71.7 Å². The van der Waals surface area contributed by atoms with E-state index in [1.165, 1.54) is 0 Å². The van der Waals surface area contributed by atoms with Crippen LogP contribution in [0, 0.1) is 23.2 Å². The molecule has 0 amide bonds. The van der Waals surface area contributed by atoms with Crippen LogP contribution in [0.25, 0.3) is 22.0 Å². The molecule has 1 atom stereocenters. The molecule has 132 valence electrons. The fourth-order valence-corrected chi connectivity index (χ4v) is 3.13. The Morgan fingerprint density at radius 1 is 1.12 bits per heavy atom. The van der Waals surface area contributed by atoms with Gasteiger partial charge in [-0.25, -0.2) is 4.98 Å². The maximum Gasteiger partial charge on any atom is 0.231 e. The zero-order chi connectivity index (χ0) is 18.5. The van der Waals surface area contributed by atoms with Crippen molar-refractivity contribution < 1.29 is 4.74 Å². The second kappa shape index (κ2) is 7.92. The fraction of sp³-hybridized carbons (Fsp3) is 0.333. The number of hydrogen-bond donors (Lipinski definition) is 0. The van der Waals surface area contributed by atoms with E-state index in [1.54, 1.807) is 24.8 Å².